The van der Waals surface area contributed by atoms with Crippen molar-refractivity contribution in [3.63, 3.8) is 0 Å². The third kappa shape index (κ3) is 5.41. The van der Waals surface area contributed by atoms with Gasteiger partial charge >= 0.3 is 0 Å². The Kier molecular flexibility index (Phi) is 6.24. The van der Waals surface area contributed by atoms with Crippen LogP contribution in [-0.4, -0.2) is 33.5 Å². The summed E-state index contributed by atoms with van der Waals surface area (Å²) in [5, 5.41) is 11.5. The summed E-state index contributed by atoms with van der Waals surface area (Å²) in [4.78, 5) is 12.1. The van der Waals surface area contributed by atoms with Crippen LogP contribution in [0.25, 0.3) is 0 Å². The molecule has 0 aliphatic carbocycles. The van der Waals surface area contributed by atoms with Gasteiger partial charge in [-0.2, -0.15) is 0 Å². The van der Waals surface area contributed by atoms with Gasteiger partial charge in [-0.05, 0) is 24.1 Å². The van der Waals surface area contributed by atoms with Crippen LogP contribution in [0.1, 0.15) is 13.8 Å². The molecule has 1 N–H and O–H groups in total. The quantitative estimate of drug-likeness (QED) is 0.827. The van der Waals surface area contributed by atoms with Gasteiger partial charge < -0.3 is 10.1 Å². The third-order valence-corrected chi connectivity index (χ3v) is 3.79. The second-order valence-electron chi connectivity index (χ2n) is 5.41. The number of halogens is 2. The topological polar surface area (TPSA) is 69.0 Å². The van der Waals surface area contributed by atoms with Crippen LogP contribution in [0.4, 0.5) is 0 Å². The Morgan fingerprint density at radius 2 is 2.17 bits per heavy atom. The standard InChI is InChI=1S/C15H18Cl2N4O2/c1-10(2)13(8-21-6-5-18-20-21)19-15(22)9-23-14-4-3-11(16)7-12(14)17/h3-7,10,13H,8-9H2,1-2H3,(H,19,22). The lowest BCUT2D eigenvalue weighted by Crippen LogP contribution is -2.43. The van der Waals surface area contributed by atoms with Crippen LogP contribution in [0.2, 0.25) is 10.0 Å². The van der Waals surface area contributed by atoms with E-state index in [2.05, 4.69) is 15.6 Å². The largest absolute Gasteiger partial charge is 0.482 e. The van der Waals surface area contributed by atoms with E-state index in [-0.39, 0.29) is 24.5 Å². The van der Waals surface area contributed by atoms with Crippen LogP contribution in [0.15, 0.2) is 30.6 Å². The van der Waals surface area contributed by atoms with Gasteiger partial charge in [0.15, 0.2) is 6.61 Å². The summed E-state index contributed by atoms with van der Waals surface area (Å²) in [7, 11) is 0. The van der Waals surface area contributed by atoms with E-state index in [0.29, 0.717) is 22.3 Å². The Morgan fingerprint density at radius 3 is 2.78 bits per heavy atom. The van der Waals surface area contributed by atoms with E-state index in [1.54, 1.807) is 35.3 Å². The highest BCUT2D eigenvalue weighted by Gasteiger charge is 2.18. The lowest BCUT2D eigenvalue weighted by Gasteiger charge is -2.22. The highest BCUT2D eigenvalue weighted by Crippen LogP contribution is 2.27. The summed E-state index contributed by atoms with van der Waals surface area (Å²) in [6, 6.07) is 4.78. The molecule has 1 aromatic carbocycles. The predicted molar refractivity (Wildman–Crippen MR) is 88.7 cm³/mol. The molecule has 0 spiro atoms. The number of nitrogens with zero attached hydrogens (tertiary/aromatic N) is 3. The van der Waals surface area contributed by atoms with E-state index in [1.165, 1.54) is 0 Å². The summed E-state index contributed by atoms with van der Waals surface area (Å²) in [5.74, 6) is 0.431. The zero-order chi connectivity index (χ0) is 16.8. The number of hydrogen-bond donors (Lipinski definition) is 1. The number of carbonyl (C=O) groups excluding carboxylic acids is 1. The first kappa shape index (κ1) is 17.6. The van der Waals surface area contributed by atoms with Gasteiger partial charge in [-0.1, -0.05) is 42.3 Å². The minimum Gasteiger partial charge on any atom is -0.482 e. The van der Waals surface area contributed by atoms with E-state index in [0.717, 1.165) is 0 Å². The van der Waals surface area contributed by atoms with Crippen LogP contribution in [0.5, 0.6) is 5.75 Å². The molecule has 0 aliphatic rings. The number of carbonyl (C=O) groups is 1. The molecule has 8 heteroatoms. The molecule has 0 radical (unpaired) electrons. The normalized spacial score (nSPS) is 12.2. The molecule has 1 amide bonds. The van der Waals surface area contributed by atoms with E-state index in [9.17, 15) is 4.79 Å². The molecule has 0 bridgehead atoms. The Hall–Kier alpha value is -1.79. The van der Waals surface area contributed by atoms with Crippen molar-refractivity contribution in [2.75, 3.05) is 6.61 Å². The molecule has 1 unspecified atom stereocenters. The van der Waals surface area contributed by atoms with Gasteiger partial charge in [0.05, 0.1) is 23.8 Å². The van der Waals surface area contributed by atoms with Crippen molar-refractivity contribution in [3.05, 3.63) is 40.6 Å². The van der Waals surface area contributed by atoms with Crippen LogP contribution in [0, 0.1) is 5.92 Å². The lowest BCUT2D eigenvalue weighted by molar-refractivity contribution is -0.124. The molecular formula is C15H18Cl2N4O2. The number of ether oxygens (including phenoxy) is 1. The van der Waals surface area contributed by atoms with Gasteiger partial charge in [0, 0.05) is 11.2 Å². The number of benzene rings is 1. The third-order valence-electron chi connectivity index (χ3n) is 3.26. The number of amides is 1. The summed E-state index contributed by atoms with van der Waals surface area (Å²) < 4.78 is 7.11. The molecule has 0 saturated heterocycles. The molecule has 124 valence electrons. The van der Waals surface area contributed by atoms with Gasteiger partial charge in [-0.25, -0.2) is 0 Å². The maximum atomic E-state index is 12.1. The first-order chi connectivity index (χ1) is 11.0. The first-order valence-electron chi connectivity index (χ1n) is 7.17. The fourth-order valence-corrected chi connectivity index (χ4v) is 2.40. The minimum absolute atomic E-state index is 0.0755. The number of rotatable bonds is 7. The predicted octanol–water partition coefficient (Wildman–Crippen LogP) is 2.80. The molecule has 0 saturated carbocycles. The van der Waals surface area contributed by atoms with Gasteiger partial charge in [-0.3, -0.25) is 9.48 Å². The van der Waals surface area contributed by atoms with Gasteiger partial charge in [-0.15, -0.1) is 5.10 Å². The zero-order valence-electron chi connectivity index (χ0n) is 12.9. The molecule has 1 aromatic heterocycles. The van der Waals surface area contributed by atoms with Gasteiger partial charge in [0.25, 0.3) is 5.91 Å². The van der Waals surface area contributed by atoms with Crippen LogP contribution >= 0.6 is 23.2 Å². The Balaban J connectivity index is 1.89. The second-order valence-corrected chi connectivity index (χ2v) is 6.25. The zero-order valence-corrected chi connectivity index (χ0v) is 14.4. The maximum absolute atomic E-state index is 12.1. The Bertz CT molecular complexity index is 647. The first-order valence-corrected chi connectivity index (χ1v) is 7.92. The molecule has 1 heterocycles. The SMILES string of the molecule is CC(C)C(Cn1ccnn1)NC(=O)COc1ccc(Cl)cc1Cl. The molecule has 2 rings (SSSR count). The fraction of sp³-hybridized carbons (Fsp3) is 0.400. The van der Waals surface area contributed by atoms with Crippen molar-refractivity contribution in [2.24, 2.45) is 5.92 Å². The van der Waals surface area contributed by atoms with Crippen molar-refractivity contribution in [1.29, 1.82) is 0 Å². The van der Waals surface area contributed by atoms with E-state index >= 15 is 0 Å². The van der Waals surface area contributed by atoms with Gasteiger partial charge in [0.1, 0.15) is 5.75 Å². The van der Waals surface area contributed by atoms with Crippen LogP contribution in [0.3, 0.4) is 0 Å². The molecule has 0 aliphatic heterocycles. The monoisotopic (exact) mass is 356 g/mol. The summed E-state index contributed by atoms with van der Waals surface area (Å²) in [6.45, 7) is 4.48. The van der Waals surface area contributed by atoms with Crippen molar-refractivity contribution in [3.8, 4) is 5.75 Å². The highest BCUT2D eigenvalue weighted by molar-refractivity contribution is 6.35. The van der Waals surface area contributed by atoms with Crippen LogP contribution in [-0.2, 0) is 11.3 Å². The maximum Gasteiger partial charge on any atom is 0.258 e. The van der Waals surface area contributed by atoms with E-state index in [4.69, 9.17) is 27.9 Å². The fourth-order valence-electron chi connectivity index (χ4n) is 1.94. The van der Waals surface area contributed by atoms with E-state index < -0.39 is 0 Å². The smallest absolute Gasteiger partial charge is 0.258 e. The number of hydrogen-bond acceptors (Lipinski definition) is 4. The molecule has 6 nitrogen and oxygen atoms in total. The molecule has 0 fully saturated rings. The van der Waals surface area contributed by atoms with E-state index in [1.807, 2.05) is 13.8 Å². The molecular weight excluding hydrogens is 339 g/mol. The Morgan fingerprint density at radius 1 is 1.39 bits per heavy atom. The number of aromatic nitrogens is 3. The molecule has 23 heavy (non-hydrogen) atoms. The van der Waals surface area contributed by atoms with Crippen molar-refractivity contribution >= 4 is 29.1 Å². The van der Waals surface area contributed by atoms with Crippen molar-refractivity contribution in [1.82, 2.24) is 20.3 Å². The minimum atomic E-state index is -0.227. The highest BCUT2D eigenvalue weighted by atomic mass is 35.5. The van der Waals surface area contributed by atoms with Crippen LogP contribution < -0.4 is 10.1 Å². The van der Waals surface area contributed by atoms with Crippen molar-refractivity contribution in [2.45, 2.75) is 26.4 Å². The molecule has 1 atom stereocenters. The second kappa shape index (κ2) is 8.17. The summed E-state index contributed by atoms with van der Waals surface area (Å²) in [5.41, 5.74) is 0. The van der Waals surface area contributed by atoms with Gasteiger partial charge in [0.2, 0.25) is 0 Å². The molecule has 2 aromatic rings. The Labute approximate surface area is 144 Å². The lowest BCUT2D eigenvalue weighted by atomic mass is 10.0. The van der Waals surface area contributed by atoms with Crippen molar-refractivity contribution < 1.29 is 9.53 Å². The summed E-state index contributed by atoms with van der Waals surface area (Å²) >= 11 is 11.8. The summed E-state index contributed by atoms with van der Waals surface area (Å²) in [6.07, 6.45) is 3.36. The average Bonchev–Trinajstić information content (AvgIpc) is 2.98. The number of nitrogens with one attached hydrogen (secondary N) is 1. The average molecular weight is 357 g/mol.